The number of carbonyl (C=O) groups excluding carboxylic acids is 2. The Kier molecular flexibility index (Phi) is 6.71. The van der Waals surface area contributed by atoms with Gasteiger partial charge in [-0.05, 0) is 39.0 Å². The van der Waals surface area contributed by atoms with Crippen molar-refractivity contribution in [3.63, 3.8) is 0 Å². The zero-order valence-corrected chi connectivity index (χ0v) is 15.9. The third-order valence-corrected chi connectivity index (χ3v) is 5.20. The molecule has 1 fully saturated rings. The zero-order chi connectivity index (χ0) is 17.7. The summed E-state index contributed by atoms with van der Waals surface area (Å²) >= 11 is 1.40. The summed E-state index contributed by atoms with van der Waals surface area (Å²) in [5, 5.41) is 12.3. The first-order valence-corrected chi connectivity index (χ1v) is 9.62. The Morgan fingerprint density at radius 3 is 2.50 bits per heavy atom. The number of aromatic nitrogens is 2. The quantitative estimate of drug-likeness (QED) is 0.853. The fourth-order valence-corrected chi connectivity index (χ4v) is 4.15. The van der Waals surface area contributed by atoms with Crippen LogP contribution < -0.4 is 5.32 Å². The van der Waals surface area contributed by atoms with E-state index in [-0.39, 0.29) is 36.7 Å². The molecule has 0 saturated carbocycles. The molecule has 1 aliphatic rings. The molecule has 2 rings (SSSR count). The third kappa shape index (κ3) is 5.26. The van der Waals surface area contributed by atoms with Crippen LogP contribution in [0, 0.1) is 5.92 Å². The lowest BCUT2D eigenvalue weighted by Crippen LogP contribution is -2.47. The molecular weight excluding hydrogens is 324 g/mol. The van der Waals surface area contributed by atoms with Gasteiger partial charge in [-0.1, -0.05) is 25.2 Å². The van der Waals surface area contributed by atoms with Gasteiger partial charge in [0.1, 0.15) is 5.01 Å². The lowest BCUT2D eigenvalue weighted by atomic mass is 9.97. The minimum Gasteiger partial charge on any atom is -0.337 e. The highest BCUT2D eigenvalue weighted by atomic mass is 32.1. The second-order valence-corrected chi connectivity index (χ2v) is 8.14. The fourth-order valence-electron chi connectivity index (χ4n) is 3.18. The first-order chi connectivity index (χ1) is 11.4. The van der Waals surface area contributed by atoms with Crippen LogP contribution >= 0.6 is 11.3 Å². The van der Waals surface area contributed by atoms with E-state index < -0.39 is 0 Å². The molecule has 0 bridgehead atoms. The Hall–Kier alpha value is -1.50. The first kappa shape index (κ1) is 18.8. The Labute approximate surface area is 148 Å². The normalized spacial score (nSPS) is 21.1. The summed E-state index contributed by atoms with van der Waals surface area (Å²) in [6, 6.07) is 0.539. The fraction of sp³-hybridized carbons (Fsp3) is 0.765. The number of piperidine rings is 1. The van der Waals surface area contributed by atoms with Gasteiger partial charge in [-0.15, -0.1) is 10.2 Å². The monoisotopic (exact) mass is 352 g/mol. The lowest BCUT2D eigenvalue weighted by molar-refractivity contribution is -0.138. The van der Waals surface area contributed by atoms with E-state index in [4.69, 9.17) is 0 Å². The molecule has 24 heavy (non-hydrogen) atoms. The van der Waals surface area contributed by atoms with Crippen molar-refractivity contribution in [2.24, 2.45) is 5.92 Å². The van der Waals surface area contributed by atoms with E-state index in [1.54, 1.807) is 0 Å². The average Bonchev–Trinajstić information content (AvgIpc) is 2.91. The van der Waals surface area contributed by atoms with Crippen molar-refractivity contribution in [2.45, 2.75) is 78.3 Å². The van der Waals surface area contributed by atoms with Gasteiger partial charge in [0.15, 0.2) is 0 Å². The molecule has 0 radical (unpaired) electrons. The molecule has 2 atom stereocenters. The number of amides is 2. The van der Waals surface area contributed by atoms with E-state index in [1.165, 1.54) is 17.8 Å². The highest BCUT2D eigenvalue weighted by Crippen LogP contribution is 2.24. The molecule has 6 nitrogen and oxygen atoms in total. The summed E-state index contributed by atoms with van der Waals surface area (Å²) in [5.41, 5.74) is 0. The summed E-state index contributed by atoms with van der Waals surface area (Å²) in [7, 11) is 0. The maximum absolute atomic E-state index is 12.4. The van der Waals surface area contributed by atoms with Crippen LogP contribution in [-0.4, -0.2) is 39.0 Å². The third-order valence-electron chi connectivity index (χ3n) is 4.34. The smallest absolute Gasteiger partial charge is 0.226 e. The maximum atomic E-state index is 12.4. The van der Waals surface area contributed by atoms with E-state index >= 15 is 0 Å². The number of nitrogens with zero attached hydrogens (tertiary/aromatic N) is 3. The van der Waals surface area contributed by atoms with Crippen LogP contribution in [0.5, 0.6) is 0 Å². The molecule has 1 aromatic rings. The highest BCUT2D eigenvalue weighted by Gasteiger charge is 2.28. The molecular formula is C17H28N4O2S. The SMILES string of the molecule is CC(C)Cc1nnc(NC(=O)CCC(=O)N2[C@H](C)CCC[C@H]2C)s1. The van der Waals surface area contributed by atoms with Crippen LogP contribution in [-0.2, 0) is 16.0 Å². The summed E-state index contributed by atoms with van der Waals surface area (Å²) in [4.78, 5) is 26.4. The molecule has 2 amide bonds. The van der Waals surface area contributed by atoms with E-state index in [1.807, 2.05) is 4.90 Å². The number of nitrogens with one attached hydrogen (secondary N) is 1. The van der Waals surface area contributed by atoms with Crippen molar-refractivity contribution in [3.05, 3.63) is 5.01 Å². The Morgan fingerprint density at radius 2 is 1.88 bits per heavy atom. The Balaban J connectivity index is 1.80. The topological polar surface area (TPSA) is 75.2 Å². The van der Waals surface area contributed by atoms with Crippen molar-refractivity contribution >= 4 is 28.3 Å². The molecule has 2 heterocycles. The van der Waals surface area contributed by atoms with Gasteiger partial charge in [-0.2, -0.15) is 0 Å². The van der Waals surface area contributed by atoms with Crippen molar-refractivity contribution in [3.8, 4) is 0 Å². The van der Waals surface area contributed by atoms with Gasteiger partial charge in [0.25, 0.3) is 0 Å². The minimum atomic E-state index is -0.173. The lowest BCUT2D eigenvalue weighted by Gasteiger charge is -2.39. The van der Waals surface area contributed by atoms with Crippen molar-refractivity contribution in [1.82, 2.24) is 15.1 Å². The predicted molar refractivity (Wildman–Crippen MR) is 95.9 cm³/mol. The van der Waals surface area contributed by atoms with Gasteiger partial charge in [-0.25, -0.2) is 0 Å². The first-order valence-electron chi connectivity index (χ1n) is 8.80. The van der Waals surface area contributed by atoms with Gasteiger partial charge >= 0.3 is 0 Å². The predicted octanol–water partition coefficient (Wildman–Crippen LogP) is 3.24. The van der Waals surface area contributed by atoms with Gasteiger partial charge in [0.05, 0.1) is 0 Å². The zero-order valence-electron chi connectivity index (χ0n) is 15.0. The van der Waals surface area contributed by atoms with Crippen LogP contribution in [0.25, 0.3) is 0 Å². The number of hydrogen-bond donors (Lipinski definition) is 1. The molecule has 1 aliphatic heterocycles. The molecule has 0 unspecified atom stereocenters. The van der Waals surface area contributed by atoms with Gasteiger partial charge in [0, 0.05) is 31.3 Å². The number of carbonyl (C=O) groups is 2. The van der Waals surface area contributed by atoms with Gasteiger partial charge < -0.3 is 10.2 Å². The number of hydrogen-bond acceptors (Lipinski definition) is 5. The molecule has 1 saturated heterocycles. The second kappa shape index (κ2) is 8.55. The van der Waals surface area contributed by atoms with E-state index in [2.05, 4.69) is 43.2 Å². The average molecular weight is 353 g/mol. The van der Waals surface area contributed by atoms with Crippen LogP contribution in [0.3, 0.4) is 0 Å². The molecule has 0 aliphatic carbocycles. The highest BCUT2D eigenvalue weighted by molar-refractivity contribution is 7.15. The number of rotatable bonds is 6. The molecule has 1 aromatic heterocycles. The van der Waals surface area contributed by atoms with Gasteiger partial charge in [-0.3, -0.25) is 9.59 Å². The van der Waals surface area contributed by atoms with E-state index in [9.17, 15) is 9.59 Å². The van der Waals surface area contributed by atoms with Crippen LogP contribution in [0.4, 0.5) is 5.13 Å². The molecule has 1 N–H and O–H groups in total. The van der Waals surface area contributed by atoms with Crippen LogP contribution in [0.2, 0.25) is 0 Å². The largest absolute Gasteiger partial charge is 0.337 e. The second-order valence-electron chi connectivity index (χ2n) is 7.08. The summed E-state index contributed by atoms with van der Waals surface area (Å²) in [6.07, 6.45) is 4.56. The molecule has 0 spiro atoms. The van der Waals surface area contributed by atoms with E-state index in [0.29, 0.717) is 11.0 Å². The Bertz CT molecular complexity index is 563. The summed E-state index contributed by atoms with van der Waals surface area (Å²) in [6.45, 7) is 8.41. The minimum absolute atomic E-state index is 0.0719. The van der Waals surface area contributed by atoms with Crippen molar-refractivity contribution < 1.29 is 9.59 Å². The number of likely N-dealkylation sites (tertiary alicyclic amines) is 1. The van der Waals surface area contributed by atoms with E-state index in [0.717, 1.165) is 24.3 Å². The van der Waals surface area contributed by atoms with Crippen molar-refractivity contribution in [1.29, 1.82) is 0 Å². The number of anilines is 1. The molecule has 0 aromatic carbocycles. The van der Waals surface area contributed by atoms with Crippen LogP contribution in [0.15, 0.2) is 0 Å². The molecule has 7 heteroatoms. The summed E-state index contributed by atoms with van der Waals surface area (Å²) in [5.74, 6) is 0.406. The maximum Gasteiger partial charge on any atom is 0.226 e. The Morgan fingerprint density at radius 1 is 1.21 bits per heavy atom. The van der Waals surface area contributed by atoms with Gasteiger partial charge in [0.2, 0.25) is 16.9 Å². The molecule has 134 valence electrons. The standard InChI is InChI=1S/C17H28N4O2S/c1-11(2)10-15-19-20-17(24-15)18-14(22)8-9-16(23)21-12(3)6-5-7-13(21)4/h11-13H,5-10H2,1-4H3,(H,18,20,22)/t12-,13-/m1/s1. The van der Waals surface area contributed by atoms with Crippen LogP contribution in [0.1, 0.15) is 64.8 Å². The summed E-state index contributed by atoms with van der Waals surface area (Å²) < 4.78 is 0. The van der Waals surface area contributed by atoms with Crippen molar-refractivity contribution in [2.75, 3.05) is 5.32 Å².